The predicted octanol–water partition coefficient (Wildman–Crippen LogP) is 3.78. The highest BCUT2D eigenvalue weighted by molar-refractivity contribution is 9.10. The molecule has 0 bridgehead atoms. The molecule has 0 N–H and O–H groups in total. The maximum absolute atomic E-state index is 14.0. The van der Waals surface area contributed by atoms with Gasteiger partial charge in [-0.05, 0) is 30.2 Å². The highest BCUT2D eigenvalue weighted by Gasteiger charge is 2.22. The lowest BCUT2D eigenvalue weighted by atomic mass is 10.1. The molecule has 0 atom stereocenters. The van der Waals surface area contributed by atoms with Crippen molar-refractivity contribution in [2.75, 3.05) is 26.2 Å². The number of carbonyl (C=O) groups is 1. The molecule has 1 aliphatic rings. The lowest BCUT2D eigenvalue weighted by Crippen LogP contribution is -2.48. The molecule has 2 aromatic rings. The summed E-state index contributed by atoms with van der Waals surface area (Å²) in [7, 11) is 0. The molecule has 0 unspecified atom stereocenters. The Balaban J connectivity index is 1.53. The Kier molecular flexibility index (Phi) is 5.86. The Hall–Kier alpha value is -1.72. The second kappa shape index (κ2) is 8.11. The van der Waals surface area contributed by atoms with Crippen LogP contribution in [0.1, 0.15) is 16.7 Å². The summed E-state index contributed by atoms with van der Waals surface area (Å²) in [4.78, 5) is 16.6. The van der Waals surface area contributed by atoms with Crippen molar-refractivity contribution in [2.45, 2.75) is 19.9 Å². The van der Waals surface area contributed by atoms with Gasteiger partial charge in [-0.1, -0.05) is 46.3 Å². The zero-order valence-electron chi connectivity index (χ0n) is 14.3. The molecule has 1 fully saturated rings. The predicted molar refractivity (Wildman–Crippen MR) is 101 cm³/mol. The molecule has 0 aliphatic carbocycles. The largest absolute Gasteiger partial charge is 0.340 e. The third-order valence-electron chi connectivity index (χ3n) is 4.74. The van der Waals surface area contributed by atoms with Crippen LogP contribution in [0, 0.1) is 12.7 Å². The number of carbonyl (C=O) groups excluding carboxylic acids is 1. The quantitative estimate of drug-likeness (QED) is 0.773. The molecule has 1 saturated heterocycles. The van der Waals surface area contributed by atoms with Crippen LogP contribution in [0.15, 0.2) is 46.9 Å². The number of benzene rings is 2. The van der Waals surface area contributed by atoms with Crippen molar-refractivity contribution in [3.8, 4) is 0 Å². The van der Waals surface area contributed by atoms with Gasteiger partial charge in [-0.3, -0.25) is 9.69 Å². The fourth-order valence-electron chi connectivity index (χ4n) is 3.13. The van der Waals surface area contributed by atoms with E-state index >= 15 is 0 Å². The summed E-state index contributed by atoms with van der Waals surface area (Å²) in [6, 6.07) is 13.2. The Morgan fingerprint density at radius 3 is 2.48 bits per heavy atom. The van der Waals surface area contributed by atoms with Gasteiger partial charge in [0.05, 0.1) is 6.42 Å². The average Bonchev–Trinajstić information content (AvgIpc) is 2.60. The van der Waals surface area contributed by atoms with Crippen LogP contribution < -0.4 is 0 Å². The SMILES string of the molecule is Cc1ccccc1CC(=O)N1CCN(Cc2ccc(Br)cc2F)CC1. The summed E-state index contributed by atoms with van der Waals surface area (Å²) in [5, 5.41) is 0. The molecule has 132 valence electrons. The van der Waals surface area contributed by atoms with E-state index in [0.717, 1.165) is 28.7 Å². The third kappa shape index (κ3) is 4.67. The maximum atomic E-state index is 14.0. The monoisotopic (exact) mass is 404 g/mol. The zero-order valence-corrected chi connectivity index (χ0v) is 15.9. The zero-order chi connectivity index (χ0) is 17.8. The van der Waals surface area contributed by atoms with Crippen molar-refractivity contribution in [3.63, 3.8) is 0 Å². The first-order valence-electron chi connectivity index (χ1n) is 8.51. The van der Waals surface area contributed by atoms with Crippen LogP contribution in [-0.2, 0) is 17.8 Å². The second-order valence-corrected chi connectivity index (χ2v) is 7.41. The minimum Gasteiger partial charge on any atom is -0.340 e. The summed E-state index contributed by atoms with van der Waals surface area (Å²) in [5.41, 5.74) is 2.94. The van der Waals surface area contributed by atoms with Crippen molar-refractivity contribution < 1.29 is 9.18 Å². The smallest absolute Gasteiger partial charge is 0.227 e. The number of piperazine rings is 1. The number of rotatable bonds is 4. The molecule has 25 heavy (non-hydrogen) atoms. The van der Waals surface area contributed by atoms with E-state index in [1.807, 2.05) is 48.2 Å². The number of nitrogens with zero attached hydrogens (tertiary/aromatic N) is 2. The lowest BCUT2D eigenvalue weighted by Gasteiger charge is -2.35. The van der Waals surface area contributed by atoms with Gasteiger partial charge in [0.1, 0.15) is 5.82 Å². The van der Waals surface area contributed by atoms with Crippen LogP contribution in [-0.4, -0.2) is 41.9 Å². The summed E-state index contributed by atoms with van der Waals surface area (Å²) >= 11 is 3.28. The van der Waals surface area contributed by atoms with E-state index in [2.05, 4.69) is 20.8 Å². The molecule has 5 heteroatoms. The van der Waals surface area contributed by atoms with Crippen molar-refractivity contribution in [3.05, 3.63) is 69.4 Å². The van der Waals surface area contributed by atoms with Crippen LogP contribution >= 0.6 is 15.9 Å². The van der Waals surface area contributed by atoms with Crippen molar-refractivity contribution in [1.82, 2.24) is 9.80 Å². The van der Waals surface area contributed by atoms with Crippen molar-refractivity contribution in [2.24, 2.45) is 0 Å². The highest BCUT2D eigenvalue weighted by atomic mass is 79.9. The van der Waals surface area contributed by atoms with Gasteiger partial charge in [0, 0.05) is 42.8 Å². The van der Waals surface area contributed by atoms with Crippen molar-refractivity contribution >= 4 is 21.8 Å². The van der Waals surface area contributed by atoms with Crippen LogP contribution in [0.4, 0.5) is 4.39 Å². The van der Waals surface area contributed by atoms with Gasteiger partial charge in [0.15, 0.2) is 0 Å². The molecule has 0 saturated carbocycles. The normalized spacial score (nSPS) is 15.4. The highest BCUT2D eigenvalue weighted by Crippen LogP contribution is 2.18. The minimum atomic E-state index is -0.188. The van der Waals surface area contributed by atoms with E-state index in [1.165, 1.54) is 6.07 Å². The Morgan fingerprint density at radius 1 is 1.08 bits per heavy atom. The number of hydrogen-bond donors (Lipinski definition) is 0. The molecule has 3 rings (SSSR count). The van der Waals surface area contributed by atoms with Gasteiger partial charge in [-0.2, -0.15) is 0 Å². The second-order valence-electron chi connectivity index (χ2n) is 6.50. The van der Waals surface area contributed by atoms with E-state index in [0.29, 0.717) is 31.6 Å². The van der Waals surface area contributed by atoms with Crippen LogP contribution in [0.2, 0.25) is 0 Å². The van der Waals surface area contributed by atoms with Crippen LogP contribution in [0.5, 0.6) is 0 Å². The fraction of sp³-hybridized carbons (Fsp3) is 0.350. The van der Waals surface area contributed by atoms with Gasteiger partial charge >= 0.3 is 0 Å². The topological polar surface area (TPSA) is 23.6 Å². The molecule has 3 nitrogen and oxygen atoms in total. The number of aryl methyl sites for hydroxylation is 1. The summed E-state index contributed by atoms with van der Waals surface area (Å²) < 4.78 is 14.7. The Labute approximate surface area is 156 Å². The molecule has 0 aromatic heterocycles. The molecule has 2 aromatic carbocycles. The van der Waals surface area contributed by atoms with E-state index < -0.39 is 0 Å². The number of halogens is 2. The molecular formula is C20H22BrFN2O. The average molecular weight is 405 g/mol. The number of amides is 1. The lowest BCUT2D eigenvalue weighted by molar-refractivity contribution is -0.132. The van der Waals surface area contributed by atoms with E-state index in [4.69, 9.17) is 0 Å². The summed E-state index contributed by atoms with van der Waals surface area (Å²) in [5.74, 6) is -0.0174. The van der Waals surface area contributed by atoms with Gasteiger partial charge in [-0.25, -0.2) is 4.39 Å². The van der Waals surface area contributed by atoms with E-state index in [-0.39, 0.29) is 11.7 Å². The molecule has 1 heterocycles. The standard InChI is InChI=1S/C20H22BrFN2O/c1-15-4-2-3-5-16(15)12-20(25)24-10-8-23(9-11-24)14-17-6-7-18(21)13-19(17)22/h2-7,13H,8-12,14H2,1H3. The number of hydrogen-bond acceptors (Lipinski definition) is 2. The summed E-state index contributed by atoms with van der Waals surface area (Å²) in [6.45, 7) is 5.56. The van der Waals surface area contributed by atoms with Gasteiger partial charge in [0.25, 0.3) is 0 Å². The third-order valence-corrected chi connectivity index (χ3v) is 5.23. The Morgan fingerprint density at radius 2 is 1.80 bits per heavy atom. The molecule has 1 aliphatic heterocycles. The van der Waals surface area contributed by atoms with Crippen LogP contribution in [0.3, 0.4) is 0 Å². The fourth-order valence-corrected chi connectivity index (χ4v) is 3.46. The van der Waals surface area contributed by atoms with E-state index in [9.17, 15) is 9.18 Å². The van der Waals surface area contributed by atoms with E-state index in [1.54, 1.807) is 0 Å². The molecule has 1 amide bonds. The first-order valence-corrected chi connectivity index (χ1v) is 9.31. The summed E-state index contributed by atoms with van der Waals surface area (Å²) in [6.07, 6.45) is 0.452. The van der Waals surface area contributed by atoms with Crippen molar-refractivity contribution in [1.29, 1.82) is 0 Å². The Bertz CT molecular complexity index is 757. The van der Waals surface area contributed by atoms with Gasteiger partial charge in [0.2, 0.25) is 5.91 Å². The first-order chi connectivity index (χ1) is 12.0. The minimum absolute atomic E-state index is 0.170. The molecule has 0 radical (unpaired) electrons. The van der Waals surface area contributed by atoms with Gasteiger partial charge < -0.3 is 4.90 Å². The van der Waals surface area contributed by atoms with Crippen LogP contribution in [0.25, 0.3) is 0 Å². The molecule has 0 spiro atoms. The maximum Gasteiger partial charge on any atom is 0.227 e. The first kappa shape index (κ1) is 18.1. The van der Waals surface area contributed by atoms with Gasteiger partial charge in [-0.15, -0.1) is 0 Å². The molecular weight excluding hydrogens is 383 g/mol.